The molecule has 0 bridgehead atoms. The van der Waals surface area contributed by atoms with Crippen LogP contribution in [0.5, 0.6) is 0 Å². The van der Waals surface area contributed by atoms with Gasteiger partial charge in [-0.05, 0) is 12.5 Å². The van der Waals surface area contributed by atoms with E-state index < -0.39 is 18.1 Å². The third kappa shape index (κ3) is 8.06. The Bertz CT molecular complexity index is 402. The predicted octanol–water partition coefficient (Wildman–Crippen LogP) is 1.19. The highest BCUT2D eigenvalue weighted by atomic mass is 32.2. The van der Waals surface area contributed by atoms with Crippen LogP contribution in [0.15, 0.2) is 30.3 Å². The topological polar surface area (TPSA) is 81.8 Å². The monoisotopic (exact) mass is 313 g/mol. The third-order valence-corrected chi connectivity index (χ3v) is 3.83. The molecule has 21 heavy (non-hydrogen) atoms. The van der Waals surface area contributed by atoms with Gasteiger partial charge in [0, 0.05) is 11.5 Å². The smallest absolute Gasteiger partial charge is 0.323 e. The molecule has 0 aliphatic heterocycles. The highest BCUT2D eigenvalue weighted by Gasteiger charge is 2.15. The first-order chi connectivity index (χ1) is 10.1. The minimum atomic E-state index is -0.646. The van der Waals surface area contributed by atoms with Crippen LogP contribution in [0, 0.1) is 0 Å². The third-order valence-electron chi connectivity index (χ3n) is 2.62. The van der Waals surface area contributed by atoms with Crippen LogP contribution in [0.2, 0.25) is 0 Å². The second kappa shape index (κ2) is 10.6. The summed E-state index contributed by atoms with van der Waals surface area (Å²) >= 11 is 1.41. The van der Waals surface area contributed by atoms with E-state index in [9.17, 15) is 9.90 Å². The van der Waals surface area contributed by atoms with Gasteiger partial charge in [-0.1, -0.05) is 30.3 Å². The van der Waals surface area contributed by atoms with Crippen molar-refractivity contribution in [2.24, 2.45) is 5.73 Å². The predicted molar refractivity (Wildman–Crippen MR) is 84.0 cm³/mol. The summed E-state index contributed by atoms with van der Waals surface area (Å²) in [6, 6.07) is 9.14. The first-order valence-electron chi connectivity index (χ1n) is 6.93. The number of carbonyl (C=O) groups is 1. The van der Waals surface area contributed by atoms with Crippen LogP contribution in [-0.4, -0.2) is 47.9 Å². The molecule has 5 nitrogen and oxygen atoms in total. The molecule has 3 N–H and O–H groups in total. The summed E-state index contributed by atoms with van der Waals surface area (Å²) in [5.41, 5.74) is 6.73. The molecule has 0 radical (unpaired) electrons. The van der Waals surface area contributed by atoms with E-state index in [2.05, 4.69) is 0 Å². The zero-order chi connectivity index (χ0) is 15.5. The second-order valence-electron chi connectivity index (χ2n) is 4.55. The Hall–Kier alpha value is -1.08. The molecule has 0 aromatic heterocycles. The molecule has 2 atom stereocenters. The van der Waals surface area contributed by atoms with Crippen molar-refractivity contribution in [3.8, 4) is 0 Å². The Kier molecular flexibility index (Phi) is 9.09. The number of benzene rings is 1. The maximum Gasteiger partial charge on any atom is 0.323 e. The Morgan fingerprint density at radius 1 is 1.33 bits per heavy atom. The van der Waals surface area contributed by atoms with Crippen molar-refractivity contribution in [3.63, 3.8) is 0 Å². The van der Waals surface area contributed by atoms with Gasteiger partial charge in [-0.15, -0.1) is 0 Å². The Labute approximate surface area is 129 Å². The van der Waals surface area contributed by atoms with Gasteiger partial charge in [0.25, 0.3) is 0 Å². The number of aliphatic hydroxyl groups is 1. The molecule has 0 spiro atoms. The molecule has 0 heterocycles. The maximum atomic E-state index is 11.3. The Morgan fingerprint density at radius 2 is 2.05 bits per heavy atom. The molecule has 0 saturated carbocycles. The van der Waals surface area contributed by atoms with Crippen molar-refractivity contribution in [2.45, 2.75) is 25.7 Å². The molecule has 0 aliphatic rings. The molecule has 0 saturated heterocycles. The minimum absolute atomic E-state index is 0.260. The number of thioether (sulfide) groups is 1. The van der Waals surface area contributed by atoms with Gasteiger partial charge < -0.3 is 20.3 Å². The maximum absolute atomic E-state index is 11.3. The molecular formula is C15H23NO4S. The summed E-state index contributed by atoms with van der Waals surface area (Å²) in [5, 5.41) is 9.78. The zero-order valence-electron chi connectivity index (χ0n) is 12.2. The summed E-state index contributed by atoms with van der Waals surface area (Å²) in [7, 11) is 0. The molecule has 0 aliphatic carbocycles. The van der Waals surface area contributed by atoms with Gasteiger partial charge in [0.15, 0.2) is 0 Å². The first kappa shape index (κ1) is 18.0. The lowest BCUT2D eigenvalue weighted by Crippen LogP contribution is -2.35. The molecular weight excluding hydrogens is 290 g/mol. The molecule has 0 fully saturated rings. The standard InChI is InChI=1S/C15H23NO4S/c1-2-20-15(18)14(16)11-21-10-13(17)9-19-8-12-6-4-3-5-7-12/h3-7,13-14,17H,2,8-11,16H2,1H3. The van der Waals surface area contributed by atoms with Crippen LogP contribution >= 0.6 is 11.8 Å². The second-order valence-corrected chi connectivity index (χ2v) is 5.63. The Balaban J connectivity index is 2.08. The number of ether oxygens (including phenoxy) is 2. The van der Waals surface area contributed by atoms with Gasteiger partial charge in [0.2, 0.25) is 0 Å². The van der Waals surface area contributed by atoms with Crippen LogP contribution in [0.1, 0.15) is 12.5 Å². The summed E-state index contributed by atoms with van der Waals surface area (Å²) in [6.45, 7) is 2.81. The summed E-state index contributed by atoms with van der Waals surface area (Å²) < 4.78 is 10.2. The van der Waals surface area contributed by atoms with Gasteiger partial charge in [-0.25, -0.2) is 0 Å². The summed E-state index contributed by atoms with van der Waals surface area (Å²) in [6.07, 6.45) is -0.576. The number of hydrogen-bond donors (Lipinski definition) is 2. The number of rotatable bonds is 10. The quantitative estimate of drug-likeness (QED) is 0.632. The van der Waals surface area contributed by atoms with Crippen molar-refractivity contribution >= 4 is 17.7 Å². The van der Waals surface area contributed by atoms with Gasteiger partial charge in [0.05, 0.1) is 25.9 Å². The number of hydrogen-bond acceptors (Lipinski definition) is 6. The molecule has 1 aromatic rings. The van der Waals surface area contributed by atoms with E-state index in [0.717, 1.165) is 5.56 Å². The molecule has 2 unspecified atom stereocenters. The summed E-state index contributed by atoms with van der Waals surface area (Å²) in [4.78, 5) is 11.3. The molecule has 1 rings (SSSR count). The van der Waals surface area contributed by atoms with E-state index in [0.29, 0.717) is 24.7 Å². The molecule has 6 heteroatoms. The largest absolute Gasteiger partial charge is 0.465 e. The highest BCUT2D eigenvalue weighted by molar-refractivity contribution is 7.99. The van der Waals surface area contributed by atoms with E-state index in [1.165, 1.54) is 11.8 Å². The van der Waals surface area contributed by atoms with E-state index in [1.54, 1.807) is 6.92 Å². The zero-order valence-corrected chi connectivity index (χ0v) is 13.1. The molecule has 0 amide bonds. The summed E-state index contributed by atoms with van der Waals surface area (Å²) in [5.74, 6) is 0.496. The van der Waals surface area contributed by atoms with Crippen molar-refractivity contribution in [1.82, 2.24) is 0 Å². The number of esters is 1. The van der Waals surface area contributed by atoms with Gasteiger partial charge in [-0.3, -0.25) is 4.79 Å². The highest BCUT2D eigenvalue weighted by Crippen LogP contribution is 2.07. The lowest BCUT2D eigenvalue weighted by molar-refractivity contribution is -0.144. The normalized spacial score (nSPS) is 13.7. The average molecular weight is 313 g/mol. The van der Waals surface area contributed by atoms with Crippen LogP contribution in [0.25, 0.3) is 0 Å². The Morgan fingerprint density at radius 3 is 2.71 bits per heavy atom. The van der Waals surface area contributed by atoms with Gasteiger partial charge in [-0.2, -0.15) is 11.8 Å². The fraction of sp³-hybridized carbons (Fsp3) is 0.533. The molecule has 118 valence electrons. The fourth-order valence-electron chi connectivity index (χ4n) is 1.58. The van der Waals surface area contributed by atoms with Crippen LogP contribution in [0.3, 0.4) is 0 Å². The number of aliphatic hydroxyl groups excluding tert-OH is 1. The first-order valence-corrected chi connectivity index (χ1v) is 8.08. The number of nitrogens with two attached hydrogens (primary N) is 1. The number of carbonyl (C=O) groups excluding carboxylic acids is 1. The van der Waals surface area contributed by atoms with Gasteiger partial charge in [0.1, 0.15) is 6.04 Å². The van der Waals surface area contributed by atoms with Crippen molar-refractivity contribution in [2.75, 3.05) is 24.7 Å². The van der Waals surface area contributed by atoms with Gasteiger partial charge >= 0.3 is 5.97 Å². The lowest BCUT2D eigenvalue weighted by Gasteiger charge is -2.13. The van der Waals surface area contributed by atoms with E-state index in [4.69, 9.17) is 15.2 Å². The minimum Gasteiger partial charge on any atom is -0.465 e. The molecule has 1 aromatic carbocycles. The SMILES string of the molecule is CCOC(=O)C(N)CSCC(O)COCc1ccccc1. The van der Waals surface area contributed by atoms with Crippen LogP contribution < -0.4 is 5.73 Å². The average Bonchev–Trinajstić information content (AvgIpc) is 2.48. The van der Waals surface area contributed by atoms with E-state index in [-0.39, 0.29) is 6.61 Å². The fourth-order valence-corrected chi connectivity index (χ4v) is 2.48. The lowest BCUT2D eigenvalue weighted by atomic mass is 10.2. The van der Waals surface area contributed by atoms with Crippen molar-refractivity contribution in [3.05, 3.63) is 35.9 Å². The van der Waals surface area contributed by atoms with Crippen molar-refractivity contribution < 1.29 is 19.4 Å². The van der Waals surface area contributed by atoms with Crippen LogP contribution in [0.4, 0.5) is 0 Å². The van der Waals surface area contributed by atoms with Crippen molar-refractivity contribution in [1.29, 1.82) is 0 Å². The van der Waals surface area contributed by atoms with Crippen LogP contribution in [-0.2, 0) is 20.9 Å². The van der Waals surface area contributed by atoms with E-state index in [1.807, 2.05) is 30.3 Å². The van der Waals surface area contributed by atoms with E-state index >= 15 is 0 Å².